The predicted octanol–water partition coefficient (Wildman–Crippen LogP) is 2.77. The lowest BCUT2D eigenvalue weighted by atomic mass is 9.95. The van der Waals surface area contributed by atoms with E-state index in [4.69, 9.17) is 4.74 Å². The quantitative estimate of drug-likeness (QED) is 0.420. The maximum Gasteiger partial charge on any atom is 0.229 e. The number of nitrogens with one attached hydrogen (secondary N) is 2. The van der Waals surface area contributed by atoms with Crippen molar-refractivity contribution in [3.63, 3.8) is 0 Å². The van der Waals surface area contributed by atoms with Crippen LogP contribution in [0.1, 0.15) is 51.5 Å². The van der Waals surface area contributed by atoms with Gasteiger partial charge in [-0.2, -0.15) is 0 Å². The lowest BCUT2D eigenvalue weighted by molar-refractivity contribution is -0.136. The summed E-state index contributed by atoms with van der Waals surface area (Å²) >= 11 is 0. The Labute approximate surface area is 182 Å². The summed E-state index contributed by atoms with van der Waals surface area (Å²) in [4.78, 5) is 22.9. The number of carbonyl (C=O) groups is 2. The van der Waals surface area contributed by atoms with Gasteiger partial charge in [-0.05, 0) is 63.1 Å². The van der Waals surface area contributed by atoms with Gasteiger partial charge in [0, 0.05) is 12.3 Å². The second-order valence-electron chi connectivity index (χ2n) is 8.76. The summed E-state index contributed by atoms with van der Waals surface area (Å²) < 4.78 is 47.4. The van der Waals surface area contributed by atoms with Crippen LogP contribution >= 0.6 is 0 Å². The number of ether oxygens (including phenoxy) is 1. The minimum Gasteiger partial charge on any atom is -0.490 e. The number of halogens is 1. The molecule has 0 bridgehead atoms. The molecule has 1 saturated heterocycles. The molecule has 0 aromatic heterocycles. The smallest absolute Gasteiger partial charge is 0.229 e. The number of amides is 2. The Bertz CT molecular complexity index is 970. The summed E-state index contributed by atoms with van der Waals surface area (Å²) in [5, 5.41) is 2.28. The van der Waals surface area contributed by atoms with Gasteiger partial charge < -0.3 is 4.74 Å². The molecule has 31 heavy (non-hydrogen) atoms. The maximum atomic E-state index is 14.1. The second-order valence-corrected chi connectivity index (χ2v) is 10.5. The number of allylic oxidation sites excluding steroid dienone is 1. The summed E-state index contributed by atoms with van der Waals surface area (Å²) in [5.41, 5.74) is -0.377. The van der Waals surface area contributed by atoms with Crippen LogP contribution in [0.3, 0.4) is 0 Å². The number of sulfonamides is 1. The van der Waals surface area contributed by atoms with Crippen molar-refractivity contribution < 1.29 is 27.1 Å². The monoisotopic (exact) mass is 452 g/mol. The molecule has 1 aromatic carbocycles. The lowest BCUT2D eigenvalue weighted by Gasteiger charge is -2.27. The summed E-state index contributed by atoms with van der Waals surface area (Å²) in [5.74, 6) is -1.05. The first-order valence-electron chi connectivity index (χ1n) is 10.5. The van der Waals surface area contributed by atoms with E-state index in [2.05, 4.69) is 10.0 Å². The van der Waals surface area contributed by atoms with E-state index in [1.807, 2.05) is 0 Å². The maximum absolute atomic E-state index is 14.1. The van der Waals surface area contributed by atoms with Crippen LogP contribution in [0.2, 0.25) is 0 Å². The van der Waals surface area contributed by atoms with E-state index < -0.39 is 21.4 Å². The Morgan fingerprint density at radius 2 is 1.97 bits per heavy atom. The molecule has 1 saturated carbocycles. The Balaban J connectivity index is 1.57. The van der Waals surface area contributed by atoms with E-state index in [1.54, 1.807) is 32.1 Å². The molecule has 0 unspecified atom stereocenters. The molecule has 0 spiro atoms. The first kappa shape index (κ1) is 23.4. The minimum atomic E-state index is -3.68. The fourth-order valence-electron chi connectivity index (χ4n) is 3.40. The Morgan fingerprint density at radius 3 is 2.65 bits per heavy atom. The molecular formula is C22H29FN2O5S. The average molecular weight is 453 g/mol. The molecule has 1 atom stereocenters. The summed E-state index contributed by atoms with van der Waals surface area (Å²) in [6.07, 6.45) is 6.45. The highest BCUT2D eigenvalue weighted by Gasteiger charge is 2.29. The molecule has 1 aliphatic heterocycles. The van der Waals surface area contributed by atoms with Crippen LogP contribution in [-0.4, -0.2) is 32.6 Å². The summed E-state index contributed by atoms with van der Waals surface area (Å²) in [7, 11) is -3.68. The van der Waals surface area contributed by atoms with Crippen molar-refractivity contribution in [2.24, 2.45) is 11.8 Å². The zero-order valence-electron chi connectivity index (χ0n) is 17.8. The molecule has 1 aliphatic carbocycles. The number of hydrogen-bond acceptors (Lipinski definition) is 5. The normalized spacial score (nSPS) is 20.2. The van der Waals surface area contributed by atoms with Crippen molar-refractivity contribution in [2.75, 3.05) is 12.4 Å². The van der Waals surface area contributed by atoms with E-state index in [0.29, 0.717) is 37.4 Å². The third-order valence-corrected chi connectivity index (χ3v) is 6.94. The summed E-state index contributed by atoms with van der Waals surface area (Å²) in [6, 6.07) is 4.37. The molecule has 2 aliphatic rings. The highest BCUT2D eigenvalue weighted by molar-refractivity contribution is 7.89. The van der Waals surface area contributed by atoms with Crippen LogP contribution < -0.4 is 14.8 Å². The van der Waals surface area contributed by atoms with Crippen molar-refractivity contribution in [3.05, 3.63) is 41.7 Å². The number of imide groups is 1. The van der Waals surface area contributed by atoms with Crippen molar-refractivity contribution in [1.29, 1.82) is 0 Å². The molecule has 1 heterocycles. The van der Waals surface area contributed by atoms with Gasteiger partial charge >= 0.3 is 0 Å². The number of rotatable bonds is 10. The Hall–Kier alpha value is -2.26. The van der Waals surface area contributed by atoms with Gasteiger partial charge in [-0.3, -0.25) is 14.9 Å². The first-order valence-corrected chi connectivity index (χ1v) is 12.1. The zero-order chi connectivity index (χ0) is 22.6. The van der Waals surface area contributed by atoms with Crippen LogP contribution in [0.4, 0.5) is 4.39 Å². The van der Waals surface area contributed by atoms with Gasteiger partial charge in [0.2, 0.25) is 21.8 Å². The van der Waals surface area contributed by atoms with Crippen LogP contribution in [0.5, 0.6) is 5.75 Å². The minimum absolute atomic E-state index is 0.126. The van der Waals surface area contributed by atoms with Crippen LogP contribution in [0, 0.1) is 17.7 Å². The number of carbonyl (C=O) groups excluding carboxylic acids is 2. The van der Waals surface area contributed by atoms with Crippen molar-refractivity contribution >= 4 is 21.8 Å². The predicted molar refractivity (Wildman–Crippen MR) is 114 cm³/mol. The topological polar surface area (TPSA) is 102 Å². The van der Waals surface area contributed by atoms with Crippen LogP contribution in [-0.2, 0) is 25.2 Å². The molecule has 2 amide bonds. The van der Waals surface area contributed by atoms with Crippen molar-refractivity contribution in [3.8, 4) is 5.75 Å². The first-order chi connectivity index (χ1) is 14.6. The van der Waals surface area contributed by atoms with Gasteiger partial charge in [-0.1, -0.05) is 18.2 Å². The number of hydrogen-bond donors (Lipinski definition) is 2. The van der Waals surface area contributed by atoms with Gasteiger partial charge in [-0.25, -0.2) is 17.5 Å². The van der Waals surface area contributed by atoms with Crippen LogP contribution in [0.15, 0.2) is 30.4 Å². The lowest BCUT2D eigenvalue weighted by Crippen LogP contribution is -2.42. The highest BCUT2D eigenvalue weighted by atomic mass is 32.2. The van der Waals surface area contributed by atoms with Crippen molar-refractivity contribution in [1.82, 2.24) is 10.0 Å². The van der Waals surface area contributed by atoms with E-state index in [1.165, 1.54) is 12.1 Å². The van der Waals surface area contributed by atoms with E-state index in [9.17, 15) is 22.4 Å². The van der Waals surface area contributed by atoms with E-state index in [0.717, 1.165) is 12.8 Å². The molecule has 0 radical (unpaired) electrons. The molecular weight excluding hydrogens is 423 g/mol. The molecule has 2 fully saturated rings. The standard InChI is InChI=1S/C22H29FN2O5S/c1-22(2,17-9-10-18(23)19(13-17)30-14-15-6-7-15)25-31(28,29)12-4-3-5-16-8-11-20(26)24-21(16)27/h3-4,9-10,13,15-16,25H,5-8,11-12,14H2,1-2H3,(H,24,26,27)/b4-3+/t16-/m1/s1. The van der Waals surface area contributed by atoms with Crippen molar-refractivity contribution in [2.45, 2.75) is 51.5 Å². The second kappa shape index (κ2) is 9.48. The van der Waals surface area contributed by atoms with Gasteiger partial charge in [-0.15, -0.1) is 0 Å². The van der Waals surface area contributed by atoms with Crippen LogP contribution in [0.25, 0.3) is 0 Å². The molecule has 1 aromatic rings. The largest absolute Gasteiger partial charge is 0.490 e. The Morgan fingerprint density at radius 1 is 1.23 bits per heavy atom. The zero-order valence-corrected chi connectivity index (χ0v) is 18.6. The third-order valence-electron chi connectivity index (χ3n) is 5.49. The fourth-order valence-corrected chi connectivity index (χ4v) is 4.77. The van der Waals surface area contributed by atoms with Gasteiger partial charge in [0.1, 0.15) is 0 Å². The van der Waals surface area contributed by atoms with Gasteiger partial charge in [0.15, 0.2) is 11.6 Å². The molecule has 170 valence electrons. The molecule has 3 rings (SSSR count). The number of benzene rings is 1. The van der Waals surface area contributed by atoms with E-state index in [-0.39, 0.29) is 29.2 Å². The molecule has 7 nitrogen and oxygen atoms in total. The van der Waals surface area contributed by atoms with Gasteiger partial charge in [0.05, 0.1) is 17.9 Å². The Kier molecular flexibility index (Phi) is 7.16. The summed E-state index contributed by atoms with van der Waals surface area (Å²) in [6.45, 7) is 3.87. The van der Waals surface area contributed by atoms with E-state index >= 15 is 0 Å². The average Bonchev–Trinajstić information content (AvgIpc) is 3.49. The van der Waals surface area contributed by atoms with Gasteiger partial charge in [0.25, 0.3) is 0 Å². The molecule has 9 heteroatoms. The SMILES string of the molecule is CC(C)(NS(=O)(=O)C/C=C/C[C@@H]1CCC(=O)NC1=O)c1ccc(F)c(OCC2CC2)c1. The third kappa shape index (κ3) is 6.87. The molecule has 2 N–H and O–H groups in total. The number of piperidine rings is 1. The fraction of sp³-hybridized carbons (Fsp3) is 0.545. The highest BCUT2D eigenvalue weighted by Crippen LogP contribution is 2.32.